The summed E-state index contributed by atoms with van der Waals surface area (Å²) in [5.41, 5.74) is 12.8. The van der Waals surface area contributed by atoms with Crippen molar-refractivity contribution < 1.29 is 19.8 Å². The maximum Gasteiger partial charge on any atom is 0.303 e. The van der Waals surface area contributed by atoms with Crippen molar-refractivity contribution in [3.8, 4) is 0 Å². The van der Waals surface area contributed by atoms with Crippen molar-refractivity contribution in [2.45, 2.75) is 32.1 Å². The molecule has 10 heteroatoms. The highest BCUT2D eigenvalue weighted by molar-refractivity contribution is 5.69. The molecule has 140 valence electrons. The summed E-state index contributed by atoms with van der Waals surface area (Å²) in [4.78, 5) is 33.1. The summed E-state index contributed by atoms with van der Waals surface area (Å²) in [6.07, 6.45) is 8.75. The van der Waals surface area contributed by atoms with Gasteiger partial charge in [0.2, 0.25) is 0 Å². The van der Waals surface area contributed by atoms with E-state index in [1.165, 1.54) is 0 Å². The molecule has 0 saturated heterocycles. The molecule has 8 N–H and O–H groups in total. The molecule has 0 radical (unpaired) electrons. The number of nitrogens with zero attached hydrogens (tertiary/aromatic N) is 2. The lowest BCUT2D eigenvalue weighted by molar-refractivity contribution is -0.138. The molecule has 0 aliphatic carbocycles. The van der Waals surface area contributed by atoms with Gasteiger partial charge in [0.05, 0.1) is 12.7 Å². The van der Waals surface area contributed by atoms with Crippen molar-refractivity contribution in [2.24, 2.45) is 11.5 Å². The van der Waals surface area contributed by atoms with Crippen LogP contribution >= 0.6 is 0 Å². The van der Waals surface area contributed by atoms with Gasteiger partial charge in [-0.1, -0.05) is 0 Å². The molecule has 2 rings (SSSR count). The SMILES string of the molecule is NCCc1cnc[nH]1.NCCc1cnc[nH]1.O=C(O)CCCC(=O)O. The number of hydrogen-bond acceptors (Lipinski definition) is 6. The zero-order valence-corrected chi connectivity index (χ0v) is 14.0. The van der Waals surface area contributed by atoms with Crippen molar-refractivity contribution in [1.82, 2.24) is 19.9 Å². The molecule has 25 heavy (non-hydrogen) atoms. The molecule has 2 heterocycles. The van der Waals surface area contributed by atoms with Crippen LogP contribution in [-0.4, -0.2) is 55.2 Å². The van der Waals surface area contributed by atoms with Gasteiger partial charge in [0.15, 0.2) is 0 Å². The molecule has 2 aromatic heterocycles. The van der Waals surface area contributed by atoms with Crippen LogP contribution in [0, 0.1) is 0 Å². The highest BCUT2D eigenvalue weighted by Crippen LogP contribution is 1.93. The third-order valence-electron chi connectivity index (χ3n) is 2.72. The van der Waals surface area contributed by atoms with E-state index in [1.807, 2.05) is 0 Å². The average Bonchev–Trinajstić information content (AvgIpc) is 3.22. The highest BCUT2D eigenvalue weighted by atomic mass is 16.4. The first kappa shape index (κ1) is 22.3. The monoisotopic (exact) mass is 354 g/mol. The van der Waals surface area contributed by atoms with Gasteiger partial charge >= 0.3 is 11.9 Å². The summed E-state index contributed by atoms with van der Waals surface area (Å²) in [6, 6.07) is 0. The molecule has 0 fully saturated rings. The number of rotatable bonds is 8. The van der Waals surface area contributed by atoms with Gasteiger partial charge in [0, 0.05) is 49.5 Å². The first-order chi connectivity index (χ1) is 12.0. The smallest absolute Gasteiger partial charge is 0.303 e. The Morgan fingerprint density at radius 1 is 0.880 bits per heavy atom. The maximum absolute atomic E-state index is 9.79. The number of aliphatic carboxylic acids is 2. The molecule has 0 aliphatic heterocycles. The topological polar surface area (TPSA) is 184 Å². The van der Waals surface area contributed by atoms with Crippen molar-refractivity contribution >= 4 is 11.9 Å². The third kappa shape index (κ3) is 14.6. The fraction of sp³-hybridized carbons (Fsp3) is 0.467. The number of aromatic nitrogens is 4. The molecule has 0 spiro atoms. The van der Waals surface area contributed by atoms with Crippen LogP contribution in [0.15, 0.2) is 25.0 Å². The fourth-order valence-corrected chi connectivity index (χ4v) is 1.54. The van der Waals surface area contributed by atoms with E-state index in [-0.39, 0.29) is 19.3 Å². The Kier molecular flexibility index (Phi) is 13.2. The van der Waals surface area contributed by atoms with Gasteiger partial charge in [0.25, 0.3) is 0 Å². The molecular formula is C15H26N6O4. The van der Waals surface area contributed by atoms with Crippen LogP contribution in [0.4, 0.5) is 0 Å². The molecule has 0 atom stereocenters. The molecule has 0 aromatic carbocycles. The van der Waals surface area contributed by atoms with Crippen LogP contribution in [-0.2, 0) is 22.4 Å². The Bertz CT molecular complexity index is 506. The van der Waals surface area contributed by atoms with E-state index in [1.54, 1.807) is 25.0 Å². The summed E-state index contributed by atoms with van der Waals surface area (Å²) >= 11 is 0. The van der Waals surface area contributed by atoms with Crippen LogP contribution in [0.25, 0.3) is 0 Å². The molecule has 0 saturated carbocycles. The Morgan fingerprint density at radius 3 is 1.52 bits per heavy atom. The van der Waals surface area contributed by atoms with Crippen molar-refractivity contribution in [3.63, 3.8) is 0 Å². The largest absolute Gasteiger partial charge is 0.481 e. The van der Waals surface area contributed by atoms with E-state index in [9.17, 15) is 9.59 Å². The number of imidazole rings is 2. The van der Waals surface area contributed by atoms with E-state index < -0.39 is 11.9 Å². The summed E-state index contributed by atoms with van der Waals surface area (Å²) in [6.45, 7) is 1.37. The molecule has 0 aliphatic rings. The quantitative estimate of drug-likeness (QED) is 0.386. The number of H-pyrrole nitrogens is 2. The Morgan fingerprint density at radius 2 is 1.28 bits per heavy atom. The zero-order chi connectivity index (χ0) is 18.9. The number of carboxylic acid groups (broad SMARTS) is 2. The summed E-state index contributed by atoms with van der Waals surface area (Å²) in [7, 11) is 0. The first-order valence-corrected chi connectivity index (χ1v) is 7.77. The van der Waals surface area contributed by atoms with E-state index in [2.05, 4.69) is 19.9 Å². The van der Waals surface area contributed by atoms with E-state index in [0.717, 1.165) is 24.2 Å². The van der Waals surface area contributed by atoms with E-state index >= 15 is 0 Å². The third-order valence-corrected chi connectivity index (χ3v) is 2.72. The van der Waals surface area contributed by atoms with Gasteiger partial charge in [0.1, 0.15) is 0 Å². The Labute approximate surface area is 145 Å². The molecule has 0 bridgehead atoms. The minimum absolute atomic E-state index is 0.0632. The average molecular weight is 354 g/mol. The number of nitrogens with one attached hydrogen (secondary N) is 2. The fourth-order valence-electron chi connectivity index (χ4n) is 1.54. The van der Waals surface area contributed by atoms with Gasteiger partial charge < -0.3 is 31.6 Å². The zero-order valence-electron chi connectivity index (χ0n) is 14.0. The predicted molar refractivity (Wildman–Crippen MR) is 91.8 cm³/mol. The van der Waals surface area contributed by atoms with Crippen molar-refractivity contribution in [1.29, 1.82) is 0 Å². The summed E-state index contributed by atoms with van der Waals surface area (Å²) in [5.74, 6) is -1.90. The van der Waals surface area contributed by atoms with Gasteiger partial charge in [-0.05, 0) is 19.5 Å². The number of carbonyl (C=O) groups is 2. The minimum Gasteiger partial charge on any atom is -0.481 e. The summed E-state index contributed by atoms with van der Waals surface area (Å²) < 4.78 is 0. The Balaban J connectivity index is 0.000000346. The Hall–Kier alpha value is -2.72. The number of hydrogen-bond donors (Lipinski definition) is 6. The van der Waals surface area contributed by atoms with Crippen molar-refractivity contribution in [2.75, 3.05) is 13.1 Å². The van der Waals surface area contributed by atoms with Gasteiger partial charge in [-0.15, -0.1) is 0 Å². The number of carboxylic acids is 2. The van der Waals surface area contributed by atoms with Crippen LogP contribution in [0.5, 0.6) is 0 Å². The molecular weight excluding hydrogens is 328 g/mol. The maximum atomic E-state index is 9.79. The lowest BCUT2D eigenvalue weighted by atomic mass is 10.2. The van der Waals surface area contributed by atoms with Gasteiger partial charge in [-0.3, -0.25) is 9.59 Å². The normalized spacial score (nSPS) is 9.36. The number of aromatic amines is 2. The van der Waals surface area contributed by atoms with Crippen LogP contribution in [0.3, 0.4) is 0 Å². The van der Waals surface area contributed by atoms with E-state index in [0.29, 0.717) is 13.1 Å². The second-order valence-electron chi connectivity index (χ2n) is 4.87. The lowest BCUT2D eigenvalue weighted by Crippen LogP contribution is -2.02. The lowest BCUT2D eigenvalue weighted by Gasteiger charge is -1.89. The highest BCUT2D eigenvalue weighted by Gasteiger charge is 1.99. The predicted octanol–water partition coefficient (Wildman–Crippen LogP) is 0.148. The standard InChI is InChI=1S/2C5H9N3.C5H8O4/c2*6-2-1-5-3-7-4-8-5;6-4(7)2-1-3-5(8)9/h2*3-4H,1-2,6H2,(H,7,8);1-3H2,(H,6,7)(H,8,9). The van der Waals surface area contributed by atoms with Crippen LogP contribution in [0.1, 0.15) is 30.7 Å². The first-order valence-electron chi connectivity index (χ1n) is 7.77. The summed E-state index contributed by atoms with van der Waals surface area (Å²) in [5, 5.41) is 16.1. The number of nitrogens with two attached hydrogens (primary N) is 2. The second kappa shape index (κ2) is 14.8. The molecule has 0 amide bonds. The van der Waals surface area contributed by atoms with Gasteiger partial charge in [-0.2, -0.15) is 0 Å². The molecule has 10 nitrogen and oxygen atoms in total. The molecule has 0 unspecified atom stereocenters. The van der Waals surface area contributed by atoms with E-state index in [4.69, 9.17) is 21.7 Å². The molecule has 2 aromatic rings. The van der Waals surface area contributed by atoms with Crippen LogP contribution in [0.2, 0.25) is 0 Å². The van der Waals surface area contributed by atoms with Crippen LogP contribution < -0.4 is 11.5 Å². The minimum atomic E-state index is -0.948. The van der Waals surface area contributed by atoms with Gasteiger partial charge in [-0.25, -0.2) is 9.97 Å². The van der Waals surface area contributed by atoms with Crippen molar-refractivity contribution in [3.05, 3.63) is 36.4 Å². The second-order valence-corrected chi connectivity index (χ2v) is 4.87.